The van der Waals surface area contributed by atoms with Crippen molar-refractivity contribution in [2.24, 2.45) is 5.73 Å². The van der Waals surface area contributed by atoms with Crippen LogP contribution in [0.2, 0.25) is 0 Å². The van der Waals surface area contributed by atoms with Gasteiger partial charge in [0.25, 0.3) is 0 Å². The fraction of sp³-hybridized carbons (Fsp3) is 0.412. The van der Waals surface area contributed by atoms with E-state index < -0.39 is 0 Å². The number of furan rings is 1. The van der Waals surface area contributed by atoms with Crippen molar-refractivity contribution in [2.45, 2.75) is 31.3 Å². The van der Waals surface area contributed by atoms with Crippen LogP contribution in [0.3, 0.4) is 0 Å². The Bertz CT molecular complexity index is 546. The molecular formula is C17H22N2O. The second kappa shape index (κ2) is 5.81. The van der Waals surface area contributed by atoms with Crippen LogP contribution in [0.15, 0.2) is 47.1 Å². The highest BCUT2D eigenvalue weighted by Gasteiger charge is 2.25. The van der Waals surface area contributed by atoms with E-state index in [2.05, 4.69) is 36.2 Å². The summed E-state index contributed by atoms with van der Waals surface area (Å²) in [6.07, 6.45) is 4.38. The lowest BCUT2D eigenvalue weighted by atomic mass is 10.0. The molecule has 106 valence electrons. The molecule has 20 heavy (non-hydrogen) atoms. The molecule has 1 aromatic heterocycles. The van der Waals surface area contributed by atoms with E-state index in [1.54, 1.807) is 6.26 Å². The summed E-state index contributed by atoms with van der Waals surface area (Å²) in [7, 11) is 2.10. The van der Waals surface area contributed by atoms with Gasteiger partial charge in [0.2, 0.25) is 0 Å². The van der Waals surface area contributed by atoms with Crippen LogP contribution < -0.4 is 5.73 Å². The number of benzene rings is 1. The third-order valence-corrected chi connectivity index (χ3v) is 4.08. The molecule has 2 aromatic rings. The fourth-order valence-corrected chi connectivity index (χ4v) is 2.77. The maximum Gasteiger partial charge on any atom is 0.117 e. The molecule has 0 amide bonds. The van der Waals surface area contributed by atoms with Crippen LogP contribution >= 0.6 is 0 Å². The van der Waals surface area contributed by atoms with E-state index in [0.29, 0.717) is 6.54 Å². The second-order valence-corrected chi connectivity index (χ2v) is 5.69. The van der Waals surface area contributed by atoms with Crippen molar-refractivity contribution in [3.8, 4) is 0 Å². The van der Waals surface area contributed by atoms with Gasteiger partial charge in [0, 0.05) is 12.6 Å². The summed E-state index contributed by atoms with van der Waals surface area (Å²) < 4.78 is 5.42. The Morgan fingerprint density at radius 2 is 2.15 bits per heavy atom. The highest BCUT2D eigenvalue weighted by molar-refractivity contribution is 5.31. The lowest BCUT2D eigenvalue weighted by Gasteiger charge is -2.27. The number of hydrogen-bond donors (Lipinski definition) is 1. The molecule has 1 atom stereocenters. The molecular weight excluding hydrogens is 248 g/mol. The first-order valence-electron chi connectivity index (χ1n) is 7.30. The average molecular weight is 270 g/mol. The number of nitrogens with zero attached hydrogens (tertiary/aromatic N) is 1. The summed E-state index contributed by atoms with van der Waals surface area (Å²) in [6, 6.07) is 13.1. The highest BCUT2D eigenvalue weighted by atomic mass is 16.3. The smallest absolute Gasteiger partial charge is 0.117 e. The average Bonchev–Trinajstić information content (AvgIpc) is 3.19. The minimum absolute atomic E-state index is 0.235. The van der Waals surface area contributed by atoms with Crippen LogP contribution in [-0.2, 0) is 6.54 Å². The molecule has 0 saturated heterocycles. The van der Waals surface area contributed by atoms with E-state index in [-0.39, 0.29) is 6.04 Å². The molecule has 1 heterocycles. The number of rotatable bonds is 6. The van der Waals surface area contributed by atoms with Gasteiger partial charge in [0.15, 0.2) is 0 Å². The molecule has 0 spiro atoms. The molecule has 1 saturated carbocycles. The van der Waals surface area contributed by atoms with Gasteiger partial charge < -0.3 is 10.2 Å². The van der Waals surface area contributed by atoms with Gasteiger partial charge in [-0.15, -0.1) is 0 Å². The molecule has 1 aliphatic carbocycles. The van der Waals surface area contributed by atoms with E-state index in [1.807, 2.05) is 12.1 Å². The molecule has 2 N–H and O–H groups in total. The molecule has 1 aromatic carbocycles. The van der Waals surface area contributed by atoms with Crippen molar-refractivity contribution in [1.29, 1.82) is 0 Å². The molecule has 1 unspecified atom stereocenters. The predicted octanol–water partition coefficient (Wildman–Crippen LogP) is 3.29. The molecule has 3 nitrogen and oxygen atoms in total. The maximum atomic E-state index is 6.00. The zero-order valence-electron chi connectivity index (χ0n) is 12.0. The Labute approximate surface area is 120 Å². The van der Waals surface area contributed by atoms with Crippen LogP contribution in [0.5, 0.6) is 0 Å². The summed E-state index contributed by atoms with van der Waals surface area (Å²) in [5.74, 6) is 1.76. The molecule has 1 fully saturated rings. The van der Waals surface area contributed by atoms with Gasteiger partial charge in [-0.05, 0) is 49.1 Å². The zero-order valence-corrected chi connectivity index (χ0v) is 12.0. The largest absolute Gasteiger partial charge is 0.468 e. The van der Waals surface area contributed by atoms with Gasteiger partial charge in [-0.3, -0.25) is 4.90 Å². The molecule has 0 radical (unpaired) electrons. The van der Waals surface area contributed by atoms with Crippen LogP contribution in [0, 0.1) is 0 Å². The van der Waals surface area contributed by atoms with Gasteiger partial charge >= 0.3 is 0 Å². The minimum Gasteiger partial charge on any atom is -0.468 e. The monoisotopic (exact) mass is 270 g/mol. The van der Waals surface area contributed by atoms with Crippen molar-refractivity contribution >= 4 is 0 Å². The van der Waals surface area contributed by atoms with Gasteiger partial charge in [-0.1, -0.05) is 24.3 Å². The number of likely N-dealkylation sites (N-methyl/N-ethyl adjacent to an activating group) is 1. The van der Waals surface area contributed by atoms with E-state index >= 15 is 0 Å². The standard InChI is InChI=1S/C17H22N2O/c1-19(12-16-6-3-9-20-16)17(11-18)15-5-2-4-14(10-15)13-7-8-13/h2-6,9-10,13,17H,7-8,11-12,18H2,1H3. The normalized spacial score (nSPS) is 16.6. The topological polar surface area (TPSA) is 42.4 Å². The Morgan fingerprint density at radius 3 is 2.80 bits per heavy atom. The van der Waals surface area contributed by atoms with E-state index in [9.17, 15) is 0 Å². The van der Waals surface area contributed by atoms with Crippen molar-refractivity contribution < 1.29 is 4.42 Å². The minimum atomic E-state index is 0.235. The third-order valence-electron chi connectivity index (χ3n) is 4.08. The van der Waals surface area contributed by atoms with Crippen LogP contribution in [0.4, 0.5) is 0 Å². The van der Waals surface area contributed by atoms with Gasteiger partial charge in [-0.2, -0.15) is 0 Å². The third kappa shape index (κ3) is 2.94. The SMILES string of the molecule is CN(Cc1ccco1)C(CN)c1cccc(C2CC2)c1. The summed E-state index contributed by atoms with van der Waals surface area (Å²) >= 11 is 0. The Kier molecular flexibility index (Phi) is 3.90. The quantitative estimate of drug-likeness (QED) is 0.876. The summed E-state index contributed by atoms with van der Waals surface area (Å²) in [5.41, 5.74) is 8.78. The van der Waals surface area contributed by atoms with E-state index in [0.717, 1.165) is 18.2 Å². The Morgan fingerprint density at radius 1 is 1.30 bits per heavy atom. The van der Waals surface area contributed by atoms with Gasteiger partial charge in [-0.25, -0.2) is 0 Å². The maximum absolute atomic E-state index is 6.00. The van der Waals surface area contributed by atoms with Crippen molar-refractivity contribution in [1.82, 2.24) is 4.90 Å². The summed E-state index contributed by atoms with van der Waals surface area (Å²) in [5, 5.41) is 0. The molecule has 3 heteroatoms. The summed E-state index contributed by atoms with van der Waals surface area (Å²) in [4.78, 5) is 2.25. The molecule has 0 bridgehead atoms. The van der Waals surface area contributed by atoms with Gasteiger partial charge in [0.05, 0.1) is 12.8 Å². The first-order valence-corrected chi connectivity index (χ1v) is 7.30. The van der Waals surface area contributed by atoms with Gasteiger partial charge in [0.1, 0.15) is 5.76 Å². The Hall–Kier alpha value is -1.58. The Balaban J connectivity index is 1.76. The van der Waals surface area contributed by atoms with Crippen molar-refractivity contribution in [3.63, 3.8) is 0 Å². The highest BCUT2D eigenvalue weighted by Crippen LogP contribution is 2.40. The lowest BCUT2D eigenvalue weighted by Crippen LogP contribution is -2.30. The molecule has 1 aliphatic rings. The summed E-state index contributed by atoms with van der Waals surface area (Å²) in [6.45, 7) is 1.40. The van der Waals surface area contributed by atoms with E-state index in [4.69, 9.17) is 10.2 Å². The van der Waals surface area contributed by atoms with Crippen LogP contribution in [0.1, 0.15) is 41.7 Å². The van der Waals surface area contributed by atoms with E-state index in [1.165, 1.54) is 24.0 Å². The molecule has 0 aliphatic heterocycles. The zero-order chi connectivity index (χ0) is 13.9. The number of hydrogen-bond acceptors (Lipinski definition) is 3. The molecule has 3 rings (SSSR count). The first kappa shape index (κ1) is 13.4. The number of nitrogens with two attached hydrogens (primary N) is 1. The lowest BCUT2D eigenvalue weighted by molar-refractivity contribution is 0.223. The van der Waals surface area contributed by atoms with Crippen LogP contribution in [-0.4, -0.2) is 18.5 Å². The van der Waals surface area contributed by atoms with Crippen molar-refractivity contribution in [3.05, 3.63) is 59.5 Å². The van der Waals surface area contributed by atoms with Crippen LogP contribution in [0.25, 0.3) is 0 Å². The first-order chi connectivity index (χ1) is 9.78. The van der Waals surface area contributed by atoms with Crippen molar-refractivity contribution in [2.75, 3.05) is 13.6 Å². The second-order valence-electron chi connectivity index (χ2n) is 5.69. The fourth-order valence-electron chi connectivity index (χ4n) is 2.77. The predicted molar refractivity (Wildman–Crippen MR) is 80.4 cm³/mol.